The zero-order chi connectivity index (χ0) is 27.5. The Hall–Kier alpha value is -3.93. The van der Waals surface area contributed by atoms with Gasteiger partial charge in [-0.25, -0.2) is 9.37 Å². The minimum absolute atomic E-state index is 0.00701. The van der Waals surface area contributed by atoms with Gasteiger partial charge in [0.05, 0.1) is 17.7 Å². The molecular weight excluding hydrogens is 483 g/mol. The summed E-state index contributed by atoms with van der Waals surface area (Å²) in [5.41, 5.74) is 1.71. The summed E-state index contributed by atoms with van der Waals surface area (Å²) in [6.07, 6.45) is 7.80. The van der Waals surface area contributed by atoms with Crippen molar-refractivity contribution in [3.8, 4) is 11.8 Å². The number of benzene rings is 1. The third kappa shape index (κ3) is 8.04. The van der Waals surface area contributed by atoms with Gasteiger partial charge in [-0.05, 0) is 57.7 Å². The smallest absolute Gasteiger partial charge is 0.247 e. The van der Waals surface area contributed by atoms with E-state index in [0.29, 0.717) is 28.6 Å². The lowest BCUT2D eigenvalue weighted by molar-refractivity contribution is -0.126. The largest absolute Gasteiger partial charge is 0.369 e. The third-order valence-electron chi connectivity index (χ3n) is 6.50. The summed E-state index contributed by atoms with van der Waals surface area (Å²) in [7, 11) is 1.56. The molecule has 2 aromatic rings. The normalized spacial score (nSPS) is 18.0. The number of nitrogens with one attached hydrogen (secondary N) is 4. The monoisotopic (exact) mass is 520 g/mol. The van der Waals surface area contributed by atoms with Crippen molar-refractivity contribution in [2.75, 3.05) is 24.2 Å². The predicted molar refractivity (Wildman–Crippen MR) is 148 cm³/mol. The summed E-state index contributed by atoms with van der Waals surface area (Å²) in [6.45, 7) is 6.30. The molecule has 0 bridgehead atoms. The number of halogens is 1. The Morgan fingerprint density at radius 2 is 2.11 bits per heavy atom. The Kier molecular flexibility index (Phi) is 10.6. The van der Waals surface area contributed by atoms with Gasteiger partial charge in [-0.1, -0.05) is 37.3 Å². The Balaban J connectivity index is 1.69. The Labute approximate surface area is 224 Å². The number of aromatic nitrogens is 2. The van der Waals surface area contributed by atoms with Gasteiger partial charge in [-0.3, -0.25) is 9.59 Å². The number of anilines is 3. The molecule has 4 N–H and O–H groups in total. The average molecular weight is 521 g/mol. The topological polar surface area (TPSA) is 108 Å². The van der Waals surface area contributed by atoms with Crippen LogP contribution in [0.1, 0.15) is 58.4 Å². The molecule has 1 aromatic carbocycles. The van der Waals surface area contributed by atoms with Gasteiger partial charge in [0.15, 0.2) is 0 Å². The molecule has 38 heavy (non-hydrogen) atoms. The summed E-state index contributed by atoms with van der Waals surface area (Å²) in [5, 5.41) is 12.0. The predicted octanol–water partition coefficient (Wildman–Crippen LogP) is 4.54. The van der Waals surface area contributed by atoms with Crippen molar-refractivity contribution in [3.63, 3.8) is 0 Å². The number of carbonyl (C=O) groups is 2. The van der Waals surface area contributed by atoms with Crippen LogP contribution in [0.4, 0.5) is 21.8 Å². The van der Waals surface area contributed by atoms with Crippen molar-refractivity contribution in [2.24, 2.45) is 11.8 Å². The lowest BCUT2D eigenvalue weighted by atomic mass is 9.85. The molecule has 1 fully saturated rings. The molecular formula is C29H37FN6O2. The number of carbonyl (C=O) groups excluding carboxylic acids is 2. The van der Waals surface area contributed by atoms with E-state index in [1.807, 2.05) is 0 Å². The first-order chi connectivity index (χ1) is 18.3. The first kappa shape index (κ1) is 28.6. The molecule has 1 saturated carbocycles. The fraction of sp³-hybridized carbons (Fsp3) is 0.448. The number of rotatable bonds is 9. The lowest BCUT2D eigenvalue weighted by Crippen LogP contribution is -2.42. The first-order valence-corrected chi connectivity index (χ1v) is 13.2. The van der Waals surface area contributed by atoms with Crippen molar-refractivity contribution >= 4 is 29.3 Å². The van der Waals surface area contributed by atoms with Crippen LogP contribution < -0.4 is 21.3 Å². The number of hydrogen-bond acceptors (Lipinski definition) is 6. The number of likely N-dealkylation sites (N-methyl/N-ethyl adjacent to an activating group) is 1. The van der Waals surface area contributed by atoms with Gasteiger partial charge in [0.25, 0.3) is 0 Å². The number of amides is 2. The maximum absolute atomic E-state index is 13.5. The van der Waals surface area contributed by atoms with Gasteiger partial charge in [0.2, 0.25) is 17.8 Å². The standard InChI is InChI=1S/C29H37FN6O2/c1-5-15-32-26-21(18-33-29(36-26)35-24-12-8-10-22(30)17-24)14-13-20-9-7-11-23(16-20)34-27(37)19(3)25(6-2)28(38)31-4/h6,8,10,12,17-20,23H,5,7,9,11,15-16H2,1-4H3,(H,31,38)(H,34,37)(H2,32,33,35,36)/t19-,20-,23-/m0/s1. The highest BCUT2D eigenvalue weighted by Crippen LogP contribution is 2.25. The average Bonchev–Trinajstić information content (AvgIpc) is 2.91. The first-order valence-electron chi connectivity index (χ1n) is 13.2. The summed E-state index contributed by atoms with van der Waals surface area (Å²) in [6, 6.07) is 6.14. The van der Waals surface area contributed by atoms with E-state index in [-0.39, 0.29) is 29.6 Å². The number of allylic oxidation sites excluding steroid dienone is 1. The van der Waals surface area contributed by atoms with Crippen LogP contribution in [0.15, 0.2) is 42.1 Å². The van der Waals surface area contributed by atoms with Crippen LogP contribution in [-0.4, -0.2) is 41.4 Å². The zero-order valence-electron chi connectivity index (χ0n) is 22.5. The lowest BCUT2D eigenvalue weighted by Gasteiger charge is -2.28. The second-order valence-electron chi connectivity index (χ2n) is 9.40. The van der Waals surface area contributed by atoms with E-state index < -0.39 is 5.92 Å². The van der Waals surface area contributed by atoms with E-state index in [2.05, 4.69) is 50.0 Å². The van der Waals surface area contributed by atoms with E-state index in [1.54, 1.807) is 45.3 Å². The quantitative estimate of drug-likeness (QED) is 0.286. The van der Waals surface area contributed by atoms with Crippen LogP contribution in [-0.2, 0) is 9.59 Å². The van der Waals surface area contributed by atoms with Crippen LogP contribution >= 0.6 is 0 Å². The van der Waals surface area contributed by atoms with Crippen molar-refractivity contribution in [1.82, 2.24) is 20.6 Å². The Morgan fingerprint density at radius 1 is 1.29 bits per heavy atom. The van der Waals surface area contributed by atoms with E-state index >= 15 is 0 Å². The maximum atomic E-state index is 13.5. The molecule has 0 saturated heterocycles. The number of hydrogen-bond donors (Lipinski definition) is 4. The summed E-state index contributed by atoms with van der Waals surface area (Å²) in [4.78, 5) is 33.8. The minimum atomic E-state index is -0.532. The van der Waals surface area contributed by atoms with Crippen molar-refractivity contribution in [3.05, 3.63) is 53.5 Å². The van der Waals surface area contributed by atoms with Gasteiger partial charge >= 0.3 is 0 Å². The molecule has 202 valence electrons. The van der Waals surface area contributed by atoms with Crippen LogP contribution in [0.25, 0.3) is 0 Å². The van der Waals surface area contributed by atoms with E-state index in [9.17, 15) is 14.0 Å². The summed E-state index contributed by atoms with van der Waals surface area (Å²) < 4.78 is 13.5. The number of nitrogens with zero attached hydrogens (tertiary/aromatic N) is 2. The van der Waals surface area contributed by atoms with Gasteiger partial charge in [0, 0.05) is 36.8 Å². The van der Waals surface area contributed by atoms with E-state index in [1.165, 1.54) is 12.1 Å². The Bertz CT molecular complexity index is 1220. The summed E-state index contributed by atoms with van der Waals surface area (Å²) >= 11 is 0. The zero-order valence-corrected chi connectivity index (χ0v) is 22.5. The molecule has 9 heteroatoms. The maximum Gasteiger partial charge on any atom is 0.247 e. The third-order valence-corrected chi connectivity index (χ3v) is 6.50. The van der Waals surface area contributed by atoms with Gasteiger partial charge in [0.1, 0.15) is 11.6 Å². The van der Waals surface area contributed by atoms with Crippen LogP contribution in [0.3, 0.4) is 0 Å². The molecule has 3 rings (SSSR count). The van der Waals surface area contributed by atoms with Gasteiger partial charge in [-0.15, -0.1) is 0 Å². The van der Waals surface area contributed by atoms with E-state index in [0.717, 1.165) is 38.6 Å². The highest BCUT2D eigenvalue weighted by Gasteiger charge is 2.27. The second kappa shape index (κ2) is 14.1. The molecule has 1 aromatic heterocycles. The second-order valence-corrected chi connectivity index (χ2v) is 9.40. The molecule has 0 spiro atoms. The molecule has 1 heterocycles. The van der Waals surface area contributed by atoms with Crippen LogP contribution in [0, 0.1) is 29.5 Å². The SMILES string of the molecule is CC=C(C(=O)NC)[C@H](C)C(=O)N[C@H]1CCC[C@@H](C#Cc2cnc(Nc3cccc(F)c3)nc2NCCC)C1. The highest BCUT2D eigenvalue weighted by molar-refractivity contribution is 5.99. The van der Waals surface area contributed by atoms with Crippen molar-refractivity contribution in [1.29, 1.82) is 0 Å². The molecule has 1 aliphatic rings. The van der Waals surface area contributed by atoms with Gasteiger partial charge < -0.3 is 21.3 Å². The van der Waals surface area contributed by atoms with Crippen LogP contribution in [0.2, 0.25) is 0 Å². The molecule has 0 unspecified atom stereocenters. The van der Waals surface area contributed by atoms with Crippen LogP contribution in [0.5, 0.6) is 0 Å². The molecule has 2 amide bonds. The summed E-state index contributed by atoms with van der Waals surface area (Å²) in [5.74, 6) is 6.42. The van der Waals surface area contributed by atoms with Gasteiger partial charge in [-0.2, -0.15) is 4.98 Å². The highest BCUT2D eigenvalue weighted by atomic mass is 19.1. The van der Waals surface area contributed by atoms with E-state index in [4.69, 9.17) is 0 Å². The Morgan fingerprint density at radius 3 is 2.82 bits per heavy atom. The molecule has 0 radical (unpaired) electrons. The molecule has 0 aliphatic heterocycles. The fourth-order valence-electron chi connectivity index (χ4n) is 4.43. The molecule has 1 aliphatic carbocycles. The fourth-order valence-corrected chi connectivity index (χ4v) is 4.43. The molecule has 8 nitrogen and oxygen atoms in total. The van der Waals surface area contributed by atoms with Crippen molar-refractivity contribution in [2.45, 2.75) is 58.9 Å². The van der Waals surface area contributed by atoms with Crippen molar-refractivity contribution < 1.29 is 14.0 Å². The minimum Gasteiger partial charge on any atom is -0.369 e. The molecule has 3 atom stereocenters.